The Labute approximate surface area is 146 Å². The molecule has 0 radical (unpaired) electrons. The van der Waals surface area contributed by atoms with Crippen LogP contribution in [0.15, 0.2) is 72.9 Å². The molecule has 0 atom stereocenters. The highest BCUT2D eigenvalue weighted by molar-refractivity contribution is 5.91. The number of ether oxygens (including phenoxy) is 2. The van der Waals surface area contributed by atoms with E-state index in [4.69, 9.17) is 15.2 Å². The Bertz CT molecular complexity index is 836. The van der Waals surface area contributed by atoms with Crippen molar-refractivity contribution < 1.29 is 14.3 Å². The predicted molar refractivity (Wildman–Crippen MR) is 94.3 cm³/mol. The van der Waals surface area contributed by atoms with E-state index in [-0.39, 0.29) is 5.69 Å². The molecule has 0 spiro atoms. The number of hydrogen-bond acceptors (Lipinski definition) is 4. The number of hydrogen-bond donors (Lipinski definition) is 1. The van der Waals surface area contributed by atoms with Crippen LogP contribution in [0.5, 0.6) is 11.5 Å². The molecule has 126 valence electrons. The quantitative estimate of drug-likeness (QED) is 0.719. The summed E-state index contributed by atoms with van der Waals surface area (Å²) in [5.41, 5.74) is 7.47. The van der Waals surface area contributed by atoms with Crippen LogP contribution >= 0.6 is 0 Å². The van der Waals surface area contributed by atoms with Gasteiger partial charge in [-0.2, -0.15) is 0 Å². The van der Waals surface area contributed by atoms with E-state index in [0.29, 0.717) is 24.7 Å². The molecule has 5 heteroatoms. The van der Waals surface area contributed by atoms with E-state index in [0.717, 1.165) is 11.1 Å². The molecule has 0 aliphatic heterocycles. The average Bonchev–Trinajstić information content (AvgIpc) is 2.66. The lowest BCUT2D eigenvalue weighted by Gasteiger charge is -2.13. The molecule has 0 aliphatic carbocycles. The first-order valence-corrected chi connectivity index (χ1v) is 7.85. The molecule has 2 N–H and O–H groups in total. The van der Waals surface area contributed by atoms with Crippen molar-refractivity contribution in [1.82, 2.24) is 4.98 Å². The highest BCUT2D eigenvalue weighted by Crippen LogP contribution is 2.28. The smallest absolute Gasteiger partial charge is 0.267 e. The van der Waals surface area contributed by atoms with Crippen molar-refractivity contribution in [3.8, 4) is 11.5 Å². The van der Waals surface area contributed by atoms with Gasteiger partial charge in [0.05, 0.1) is 6.20 Å². The molecule has 1 heterocycles. The zero-order valence-corrected chi connectivity index (χ0v) is 13.6. The van der Waals surface area contributed by atoms with Crippen LogP contribution in [0.4, 0.5) is 0 Å². The number of carbonyl (C=O) groups is 1. The van der Waals surface area contributed by atoms with Gasteiger partial charge in [0.1, 0.15) is 18.9 Å². The monoisotopic (exact) mass is 334 g/mol. The second-order valence-electron chi connectivity index (χ2n) is 5.43. The summed E-state index contributed by atoms with van der Waals surface area (Å²) in [7, 11) is 0. The second-order valence-corrected chi connectivity index (χ2v) is 5.43. The van der Waals surface area contributed by atoms with Crippen LogP contribution in [0.2, 0.25) is 0 Å². The Balaban J connectivity index is 1.77. The summed E-state index contributed by atoms with van der Waals surface area (Å²) in [6, 6.07) is 21.0. The zero-order valence-electron chi connectivity index (χ0n) is 13.6. The molecular weight excluding hydrogens is 316 g/mol. The number of rotatable bonds is 7. The first-order valence-electron chi connectivity index (χ1n) is 7.85. The maximum atomic E-state index is 11.4. The molecule has 3 rings (SSSR count). The molecule has 0 bridgehead atoms. The molecule has 3 aromatic rings. The van der Waals surface area contributed by atoms with E-state index in [9.17, 15) is 4.79 Å². The molecule has 0 fully saturated rings. The van der Waals surface area contributed by atoms with Crippen molar-refractivity contribution in [2.45, 2.75) is 13.2 Å². The average molecular weight is 334 g/mol. The van der Waals surface area contributed by atoms with Gasteiger partial charge >= 0.3 is 0 Å². The third-order valence-corrected chi connectivity index (χ3v) is 3.56. The van der Waals surface area contributed by atoms with E-state index in [1.165, 1.54) is 12.3 Å². The van der Waals surface area contributed by atoms with Crippen LogP contribution < -0.4 is 15.2 Å². The van der Waals surface area contributed by atoms with Crippen molar-refractivity contribution in [2.24, 2.45) is 5.73 Å². The van der Waals surface area contributed by atoms with Crippen molar-refractivity contribution >= 4 is 5.91 Å². The molecule has 2 aromatic carbocycles. The first-order chi connectivity index (χ1) is 12.2. The largest absolute Gasteiger partial charge is 0.485 e. The minimum atomic E-state index is -0.612. The van der Waals surface area contributed by atoms with E-state index >= 15 is 0 Å². The van der Waals surface area contributed by atoms with Gasteiger partial charge in [-0.05, 0) is 11.1 Å². The van der Waals surface area contributed by atoms with Crippen LogP contribution in [-0.4, -0.2) is 10.9 Å². The fraction of sp³-hybridized carbons (Fsp3) is 0.100. The van der Waals surface area contributed by atoms with Crippen LogP contribution in [0.3, 0.4) is 0 Å². The van der Waals surface area contributed by atoms with Gasteiger partial charge in [-0.1, -0.05) is 60.7 Å². The molecule has 0 saturated carbocycles. The van der Waals surface area contributed by atoms with E-state index in [2.05, 4.69) is 4.98 Å². The van der Waals surface area contributed by atoms with Gasteiger partial charge in [-0.15, -0.1) is 0 Å². The van der Waals surface area contributed by atoms with Gasteiger partial charge in [0.15, 0.2) is 11.5 Å². The third-order valence-electron chi connectivity index (χ3n) is 3.56. The van der Waals surface area contributed by atoms with Crippen molar-refractivity contribution in [1.29, 1.82) is 0 Å². The molecule has 5 nitrogen and oxygen atoms in total. The fourth-order valence-electron chi connectivity index (χ4n) is 2.25. The fourth-order valence-corrected chi connectivity index (χ4v) is 2.25. The van der Waals surface area contributed by atoms with Gasteiger partial charge in [-0.3, -0.25) is 4.79 Å². The van der Waals surface area contributed by atoms with E-state index in [1.54, 1.807) is 0 Å². The van der Waals surface area contributed by atoms with E-state index in [1.807, 2.05) is 60.7 Å². The minimum Gasteiger partial charge on any atom is -0.485 e. The highest BCUT2D eigenvalue weighted by atomic mass is 16.5. The Morgan fingerprint density at radius 1 is 0.840 bits per heavy atom. The van der Waals surface area contributed by atoms with Crippen LogP contribution in [0.25, 0.3) is 0 Å². The molecule has 25 heavy (non-hydrogen) atoms. The van der Waals surface area contributed by atoms with Crippen molar-refractivity contribution in [3.63, 3.8) is 0 Å². The third kappa shape index (κ3) is 4.57. The molecule has 1 aromatic heterocycles. The number of carbonyl (C=O) groups excluding carboxylic acids is 1. The number of nitrogens with two attached hydrogens (primary N) is 1. The van der Waals surface area contributed by atoms with Gasteiger partial charge < -0.3 is 15.2 Å². The van der Waals surface area contributed by atoms with Crippen molar-refractivity contribution in [2.75, 3.05) is 0 Å². The maximum absolute atomic E-state index is 11.4. The van der Waals surface area contributed by atoms with Gasteiger partial charge in [-0.25, -0.2) is 4.98 Å². The lowest BCUT2D eigenvalue weighted by Crippen LogP contribution is -2.13. The van der Waals surface area contributed by atoms with Gasteiger partial charge in [0.25, 0.3) is 5.91 Å². The standard InChI is InChI=1S/C20H18N2O3/c21-20(23)17-11-18(24-13-15-7-3-1-4-8-15)19(12-22-17)25-14-16-9-5-2-6-10-16/h1-12H,13-14H2,(H2,21,23). The lowest BCUT2D eigenvalue weighted by molar-refractivity contribution is 0.0994. The Kier molecular flexibility index (Phi) is 5.26. The van der Waals surface area contributed by atoms with Gasteiger partial charge in [0.2, 0.25) is 0 Å². The topological polar surface area (TPSA) is 74.4 Å². The molecule has 0 saturated heterocycles. The normalized spacial score (nSPS) is 10.2. The SMILES string of the molecule is NC(=O)c1cc(OCc2ccccc2)c(OCc2ccccc2)cn1. The highest BCUT2D eigenvalue weighted by Gasteiger charge is 2.12. The molecule has 1 amide bonds. The molecule has 0 unspecified atom stereocenters. The summed E-state index contributed by atoms with van der Waals surface area (Å²) in [6.45, 7) is 0.727. The Morgan fingerprint density at radius 2 is 1.36 bits per heavy atom. The minimum absolute atomic E-state index is 0.134. The number of nitrogens with zero attached hydrogens (tertiary/aromatic N) is 1. The number of pyridine rings is 1. The van der Waals surface area contributed by atoms with Crippen LogP contribution in [0.1, 0.15) is 21.6 Å². The molecule has 0 aliphatic rings. The van der Waals surface area contributed by atoms with Crippen molar-refractivity contribution in [3.05, 3.63) is 89.7 Å². The summed E-state index contributed by atoms with van der Waals surface area (Å²) in [5.74, 6) is 0.285. The lowest BCUT2D eigenvalue weighted by atomic mass is 10.2. The molecular formula is C20H18N2O3. The summed E-state index contributed by atoms with van der Waals surface area (Å²) in [4.78, 5) is 15.4. The summed E-state index contributed by atoms with van der Waals surface area (Å²) in [5, 5.41) is 0. The summed E-state index contributed by atoms with van der Waals surface area (Å²) >= 11 is 0. The first kappa shape index (κ1) is 16.5. The summed E-state index contributed by atoms with van der Waals surface area (Å²) in [6.07, 6.45) is 1.46. The number of amides is 1. The van der Waals surface area contributed by atoms with Gasteiger partial charge in [0, 0.05) is 6.07 Å². The van der Waals surface area contributed by atoms with Crippen LogP contribution in [0, 0.1) is 0 Å². The Hall–Kier alpha value is -3.34. The number of primary amides is 1. The predicted octanol–water partition coefficient (Wildman–Crippen LogP) is 3.34. The maximum Gasteiger partial charge on any atom is 0.267 e. The number of aromatic nitrogens is 1. The number of benzene rings is 2. The van der Waals surface area contributed by atoms with Crippen LogP contribution in [-0.2, 0) is 13.2 Å². The zero-order chi connectivity index (χ0) is 17.5. The summed E-state index contributed by atoms with van der Waals surface area (Å²) < 4.78 is 11.6. The second kappa shape index (κ2) is 7.97. The van der Waals surface area contributed by atoms with E-state index < -0.39 is 5.91 Å². The Morgan fingerprint density at radius 3 is 1.88 bits per heavy atom.